The zero-order valence-corrected chi connectivity index (χ0v) is 16.3. The van der Waals surface area contributed by atoms with Crippen molar-refractivity contribution in [1.82, 2.24) is 0 Å². The van der Waals surface area contributed by atoms with Gasteiger partial charge in [0.25, 0.3) is 0 Å². The first-order valence-corrected chi connectivity index (χ1v) is 9.22. The van der Waals surface area contributed by atoms with Crippen molar-refractivity contribution in [2.45, 2.75) is 46.6 Å². The standard InChI is InChI=1S/C8F18NO4S2.Li/c9-1(10,5(17,18)19)3(13,14)7(23,24)32(28,29)27-33(30,31)8(25,26)4(15,16)2(11,12)6(20,21)22;/q-1;+1. The number of hydrogen-bond donors (Lipinski definition) is 0. The summed E-state index contributed by atoms with van der Waals surface area (Å²) >= 11 is 0. The Kier molecular flexibility index (Phi) is 8.99. The molecule has 0 bridgehead atoms. The van der Waals surface area contributed by atoms with Gasteiger partial charge >= 0.3 is 65.4 Å². The van der Waals surface area contributed by atoms with Gasteiger partial charge in [-0.2, -0.15) is 79.0 Å². The molecule has 0 heterocycles. The van der Waals surface area contributed by atoms with Gasteiger partial charge in [-0.15, -0.1) is 0 Å². The molecule has 0 fully saturated rings. The Hall–Kier alpha value is -0.803. The van der Waals surface area contributed by atoms with Gasteiger partial charge in [0.1, 0.15) is 0 Å². The number of halogens is 18. The van der Waals surface area contributed by atoms with Gasteiger partial charge in [-0.25, -0.2) is 16.8 Å². The Balaban J connectivity index is 0. The molecule has 0 spiro atoms. The van der Waals surface area contributed by atoms with E-state index in [1.54, 1.807) is 0 Å². The van der Waals surface area contributed by atoms with Crippen LogP contribution in [-0.2, 0) is 20.0 Å². The van der Waals surface area contributed by atoms with E-state index in [1.807, 2.05) is 0 Å². The van der Waals surface area contributed by atoms with E-state index >= 15 is 0 Å². The van der Waals surface area contributed by atoms with Crippen LogP contribution in [0.2, 0.25) is 0 Å². The van der Waals surface area contributed by atoms with Crippen molar-refractivity contribution in [2.24, 2.45) is 0 Å². The topological polar surface area (TPSA) is 82.4 Å². The van der Waals surface area contributed by atoms with Crippen molar-refractivity contribution in [2.75, 3.05) is 0 Å². The predicted octanol–water partition coefficient (Wildman–Crippen LogP) is 1.88. The van der Waals surface area contributed by atoms with Gasteiger partial charge in [0.2, 0.25) is 0 Å². The summed E-state index contributed by atoms with van der Waals surface area (Å²) in [5.74, 6) is -33.0. The molecule has 5 nitrogen and oxygen atoms in total. The maximum absolute atomic E-state index is 13.2. The van der Waals surface area contributed by atoms with Crippen LogP contribution in [0.25, 0.3) is 4.13 Å². The second-order valence-electron chi connectivity index (χ2n) is 5.35. The van der Waals surface area contributed by atoms with Gasteiger partial charge in [-0.3, -0.25) is 0 Å². The molecule has 0 aromatic rings. The molecule has 34 heavy (non-hydrogen) atoms. The molecule has 0 aliphatic heterocycles. The minimum atomic E-state index is -8.81. The largest absolute Gasteiger partial charge is 1.00 e. The fourth-order valence-corrected chi connectivity index (χ4v) is 3.95. The Bertz CT molecular complexity index is 887. The van der Waals surface area contributed by atoms with Gasteiger partial charge < -0.3 is 4.13 Å². The van der Waals surface area contributed by atoms with Crippen LogP contribution in [0, 0.1) is 0 Å². The molecule has 0 rings (SSSR count). The molecular weight excluding hydrogens is 587 g/mol. The van der Waals surface area contributed by atoms with Crippen LogP contribution >= 0.6 is 0 Å². The molecule has 0 N–H and O–H groups in total. The molecule has 200 valence electrons. The summed E-state index contributed by atoms with van der Waals surface area (Å²) in [7, 11) is -17.6. The third-order valence-corrected chi connectivity index (χ3v) is 6.45. The number of sulfonamides is 2. The summed E-state index contributed by atoms with van der Waals surface area (Å²) in [5, 5.41) is -16.4. The van der Waals surface area contributed by atoms with E-state index < -0.39 is 66.6 Å². The van der Waals surface area contributed by atoms with E-state index in [1.165, 1.54) is 0 Å². The van der Waals surface area contributed by atoms with Gasteiger partial charge in [-0.05, 0) is 0 Å². The van der Waals surface area contributed by atoms with Crippen molar-refractivity contribution < 1.29 is 115 Å². The van der Waals surface area contributed by atoms with Gasteiger partial charge in [0.15, 0.2) is 20.0 Å². The normalized spacial score (nSPS) is 16.3. The molecule has 0 aliphatic carbocycles. The summed E-state index contributed by atoms with van der Waals surface area (Å²) in [4.78, 5) is 0. The Morgan fingerprint density at radius 1 is 0.382 bits per heavy atom. The smallest absolute Gasteiger partial charge is 0.425 e. The molecule has 0 atom stereocenters. The van der Waals surface area contributed by atoms with Crippen LogP contribution < -0.4 is 18.9 Å². The van der Waals surface area contributed by atoms with E-state index in [9.17, 15) is 95.9 Å². The molecule has 0 aromatic carbocycles. The van der Waals surface area contributed by atoms with Crippen molar-refractivity contribution in [3.8, 4) is 0 Å². The number of nitrogens with zero attached hydrogens (tertiary/aromatic N) is 1. The van der Waals surface area contributed by atoms with Crippen molar-refractivity contribution in [3.05, 3.63) is 4.13 Å². The van der Waals surface area contributed by atoms with E-state index in [2.05, 4.69) is 0 Å². The van der Waals surface area contributed by atoms with Crippen LogP contribution in [0.5, 0.6) is 0 Å². The zero-order valence-electron chi connectivity index (χ0n) is 14.7. The quantitative estimate of drug-likeness (QED) is 0.321. The maximum Gasteiger partial charge on any atom is 1.00 e. The average Bonchev–Trinajstić information content (AvgIpc) is 2.50. The molecule has 0 saturated heterocycles. The predicted molar refractivity (Wildman–Crippen MR) is 63.0 cm³/mol. The van der Waals surface area contributed by atoms with E-state index in [4.69, 9.17) is 0 Å². The van der Waals surface area contributed by atoms with E-state index in [0.29, 0.717) is 0 Å². The fraction of sp³-hybridized carbons (Fsp3) is 1.00. The van der Waals surface area contributed by atoms with E-state index in [0.717, 1.165) is 0 Å². The third-order valence-electron chi connectivity index (χ3n) is 3.08. The van der Waals surface area contributed by atoms with Crippen LogP contribution in [-0.4, -0.2) is 63.4 Å². The molecular formula is C8F18LiNO4S2. The second-order valence-corrected chi connectivity index (χ2v) is 8.87. The summed E-state index contributed by atoms with van der Waals surface area (Å²) in [6.07, 6.45) is -15.6. The number of hydrogen-bond acceptors (Lipinski definition) is 4. The molecule has 0 radical (unpaired) electrons. The van der Waals surface area contributed by atoms with Crippen LogP contribution in [0.15, 0.2) is 0 Å². The minimum Gasteiger partial charge on any atom is -0.425 e. The molecule has 0 aliphatic rings. The maximum atomic E-state index is 13.2. The average molecular weight is 587 g/mol. The monoisotopic (exact) mass is 587 g/mol. The molecule has 0 amide bonds. The summed E-state index contributed by atoms with van der Waals surface area (Å²) in [6, 6.07) is 0. The first-order valence-electron chi connectivity index (χ1n) is 6.34. The second kappa shape index (κ2) is 8.65. The Morgan fingerprint density at radius 2 is 0.559 bits per heavy atom. The third kappa shape index (κ3) is 4.77. The van der Waals surface area contributed by atoms with E-state index in [-0.39, 0.29) is 23.0 Å². The van der Waals surface area contributed by atoms with Crippen molar-refractivity contribution in [1.29, 1.82) is 0 Å². The van der Waals surface area contributed by atoms with Gasteiger partial charge in [0, 0.05) is 0 Å². The van der Waals surface area contributed by atoms with Crippen LogP contribution in [0.1, 0.15) is 0 Å². The first-order chi connectivity index (χ1) is 13.7. The first kappa shape index (κ1) is 35.4. The summed E-state index contributed by atoms with van der Waals surface area (Å²) in [5.41, 5.74) is 0. The molecule has 0 saturated carbocycles. The van der Waals surface area contributed by atoms with Crippen LogP contribution in [0.3, 0.4) is 0 Å². The van der Waals surface area contributed by atoms with Gasteiger partial charge in [-0.1, -0.05) is 0 Å². The SMILES string of the molecule is O=S(=O)([N-]S(=O)(=O)C(F)(F)C(F)(F)C(F)(F)C(F)(F)F)C(F)(F)C(F)(F)C(F)(F)C(F)(F)F.[Li+]. The van der Waals surface area contributed by atoms with Crippen LogP contribution in [0.4, 0.5) is 79.0 Å². The minimum absolute atomic E-state index is 0. The molecule has 0 aromatic heterocycles. The molecule has 0 unspecified atom stereocenters. The Labute approximate surface area is 186 Å². The number of alkyl halides is 18. The Morgan fingerprint density at radius 3 is 0.706 bits per heavy atom. The van der Waals surface area contributed by atoms with Crippen molar-refractivity contribution >= 4 is 20.0 Å². The summed E-state index contributed by atoms with van der Waals surface area (Å²) in [6.45, 7) is 0. The number of rotatable bonds is 8. The fourth-order valence-electron chi connectivity index (χ4n) is 1.27. The van der Waals surface area contributed by atoms with Gasteiger partial charge in [0.05, 0.1) is 0 Å². The molecule has 26 heteroatoms. The van der Waals surface area contributed by atoms with Crippen molar-refractivity contribution in [3.63, 3.8) is 0 Å². The zero-order chi connectivity index (χ0) is 27.7. The summed E-state index contributed by atoms with van der Waals surface area (Å²) < 4.78 is 269.